The van der Waals surface area contributed by atoms with Gasteiger partial charge in [0.2, 0.25) is 0 Å². The fourth-order valence-corrected chi connectivity index (χ4v) is 5.67. The average Bonchev–Trinajstić information content (AvgIpc) is 3.54. The third-order valence-corrected chi connectivity index (χ3v) is 7.86. The summed E-state index contributed by atoms with van der Waals surface area (Å²) < 4.78 is 8.37. The second kappa shape index (κ2) is 11.7. The lowest BCUT2D eigenvalue weighted by Gasteiger charge is -2.14. The summed E-state index contributed by atoms with van der Waals surface area (Å²) in [5.74, 6) is 0.681. The molecule has 40 heavy (non-hydrogen) atoms. The van der Waals surface area contributed by atoms with Crippen LogP contribution in [0.2, 0.25) is 0 Å². The molecule has 0 bridgehead atoms. The molecule has 0 atom stereocenters. The molecule has 0 radical (unpaired) electrons. The summed E-state index contributed by atoms with van der Waals surface area (Å²) >= 11 is 6.91. The van der Waals surface area contributed by atoms with Crippen LogP contribution in [0.5, 0.6) is 5.75 Å². The van der Waals surface area contributed by atoms with E-state index in [0.29, 0.717) is 22.4 Å². The minimum atomic E-state index is -0.0954. The number of nitrogens with zero attached hydrogens (tertiary/aromatic N) is 3. The number of amides is 1. The standard InChI is InChI=1S/C33H25N3O2S2/c37-32-30(40-33(39)35(32)21-24-10-4-1-5-11-24)20-27-22-36(28-14-8-3-9-15-28)34-31(27)26-16-18-29(19-17-26)38-23-25-12-6-2-7-13-25/h1-20,22H,21,23H2/b30-20-. The molecule has 5 nitrogen and oxygen atoms in total. The normalized spacial score (nSPS) is 14.2. The Hall–Kier alpha value is -4.46. The van der Waals surface area contributed by atoms with Gasteiger partial charge in [0.05, 0.1) is 22.8 Å². The molecule has 196 valence electrons. The fourth-order valence-electron chi connectivity index (χ4n) is 4.42. The van der Waals surface area contributed by atoms with Gasteiger partial charge in [-0.3, -0.25) is 9.69 Å². The third kappa shape index (κ3) is 5.76. The van der Waals surface area contributed by atoms with E-state index in [1.54, 1.807) is 4.90 Å². The van der Waals surface area contributed by atoms with Crippen molar-refractivity contribution in [3.05, 3.63) is 143 Å². The Morgan fingerprint density at radius 2 is 1.43 bits per heavy atom. The SMILES string of the molecule is O=C1/C(=C/c2cn(-c3ccccc3)nc2-c2ccc(OCc3ccccc3)cc2)SC(=S)N1Cc1ccccc1. The third-order valence-electron chi connectivity index (χ3n) is 6.48. The van der Waals surface area contributed by atoms with Crippen molar-refractivity contribution in [2.24, 2.45) is 0 Å². The zero-order valence-electron chi connectivity index (χ0n) is 21.5. The number of para-hydroxylation sites is 1. The van der Waals surface area contributed by atoms with Crippen molar-refractivity contribution in [2.75, 3.05) is 0 Å². The van der Waals surface area contributed by atoms with Gasteiger partial charge in [0.25, 0.3) is 5.91 Å². The highest BCUT2D eigenvalue weighted by molar-refractivity contribution is 8.26. The summed E-state index contributed by atoms with van der Waals surface area (Å²) in [4.78, 5) is 15.6. The van der Waals surface area contributed by atoms with Crippen molar-refractivity contribution in [1.82, 2.24) is 14.7 Å². The monoisotopic (exact) mass is 559 g/mol. The predicted octanol–water partition coefficient (Wildman–Crippen LogP) is 7.52. The number of ether oxygens (including phenoxy) is 1. The first-order valence-electron chi connectivity index (χ1n) is 12.9. The van der Waals surface area contributed by atoms with Crippen molar-refractivity contribution in [2.45, 2.75) is 13.2 Å². The summed E-state index contributed by atoms with van der Waals surface area (Å²) in [5.41, 5.74) is 5.61. The van der Waals surface area contributed by atoms with Crippen molar-refractivity contribution in [3.63, 3.8) is 0 Å². The van der Waals surface area contributed by atoms with Crippen molar-refractivity contribution in [3.8, 4) is 22.7 Å². The highest BCUT2D eigenvalue weighted by atomic mass is 32.2. The van der Waals surface area contributed by atoms with E-state index in [1.165, 1.54) is 11.8 Å². The van der Waals surface area contributed by atoms with Gasteiger partial charge < -0.3 is 4.74 Å². The van der Waals surface area contributed by atoms with Crippen LogP contribution in [0.3, 0.4) is 0 Å². The summed E-state index contributed by atoms with van der Waals surface area (Å²) in [5, 5.41) is 4.91. The van der Waals surface area contributed by atoms with Gasteiger partial charge in [-0.15, -0.1) is 0 Å². The van der Waals surface area contributed by atoms with Crippen LogP contribution in [0, 0.1) is 0 Å². The topological polar surface area (TPSA) is 47.4 Å². The molecule has 0 saturated carbocycles. The number of benzene rings is 4. The smallest absolute Gasteiger partial charge is 0.266 e. The molecule has 2 heterocycles. The Balaban J connectivity index is 1.29. The van der Waals surface area contributed by atoms with E-state index >= 15 is 0 Å². The van der Waals surface area contributed by atoms with Gasteiger partial charge >= 0.3 is 0 Å². The molecule has 1 aliphatic heterocycles. The van der Waals surface area contributed by atoms with Crippen LogP contribution in [0.25, 0.3) is 23.0 Å². The molecule has 0 aliphatic carbocycles. The van der Waals surface area contributed by atoms with Crippen LogP contribution in [0.4, 0.5) is 0 Å². The second-order valence-electron chi connectivity index (χ2n) is 9.27. The number of thioether (sulfide) groups is 1. The minimum absolute atomic E-state index is 0.0954. The van der Waals surface area contributed by atoms with Gasteiger partial charge in [-0.25, -0.2) is 4.68 Å². The number of carbonyl (C=O) groups is 1. The Bertz CT molecular complexity index is 1670. The van der Waals surface area contributed by atoms with Crippen LogP contribution >= 0.6 is 24.0 Å². The lowest BCUT2D eigenvalue weighted by Crippen LogP contribution is -2.27. The Kier molecular flexibility index (Phi) is 7.57. The number of aromatic nitrogens is 2. The summed E-state index contributed by atoms with van der Waals surface area (Å²) in [7, 11) is 0. The second-order valence-corrected chi connectivity index (χ2v) is 10.9. The van der Waals surface area contributed by atoms with Crippen molar-refractivity contribution < 1.29 is 9.53 Å². The molecule has 7 heteroatoms. The molecule has 1 fully saturated rings. The van der Waals surface area contributed by atoms with Crippen LogP contribution in [0.1, 0.15) is 16.7 Å². The molecule has 1 saturated heterocycles. The highest BCUT2D eigenvalue weighted by Gasteiger charge is 2.32. The fraction of sp³-hybridized carbons (Fsp3) is 0.0606. The lowest BCUT2D eigenvalue weighted by molar-refractivity contribution is -0.122. The molecular formula is C33H25N3O2S2. The van der Waals surface area contributed by atoms with Gasteiger partial charge in [-0.1, -0.05) is 103 Å². The summed E-state index contributed by atoms with van der Waals surface area (Å²) in [6, 6.07) is 37.8. The Morgan fingerprint density at radius 3 is 2.10 bits per heavy atom. The van der Waals surface area contributed by atoms with Crippen LogP contribution in [-0.2, 0) is 17.9 Å². The first kappa shape index (κ1) is 25.8. The largest absolute Gasteiger partial charge is 0.489 e. The molecule has 1 aromatic heterocycles. The van der Waals surface area contributed by atoms with Gasteiger partial charge in [0, 0.05) is 17.3 Å². The molecule has 1 amide bonds. The highest BCUT2D eigenvalue weighted by Crippen LogP contribution is 2.36. The zero-order valence-corrected chi connectivity index (χ0v) is 23.1. The Labute approximate surface area is 242 Å². The molecule has 0 N–H and O–H groups in total. The number of hydrogen-bond acceptors (Lipinski definition) is 5. The number of rotatable bonds is 8. The maximum atomic E-state index is 13.4. The van der Waals surface area contributed by atoms with E-state index < -0.39 is 0 Å². The first-order valence-corrected chi connectivity index (χ1v) is 14.1. The minimum Gasteiger partial charge on any atom is -0.489 e. The molecule has 6 rings (SSSR count). The van der Waals surface area contributed by atoms with E-state index in [1.807, 2.05) is 132 Å². The number of carbonyl (C=O) groups excluding carboxylic acids is 1. The van der Waals surface area contributed by atoms with Gasteiger partial charge in [0.1, 0.15) is 16.7 Å². The molecule has 1 aliphatic rings. The van der Waals surface area contributed by atoms with Crippen LogP contribution in [-0.4, -0.2) is 24.9 Å². The number of hydrogen-bond donors (Lipinski definition) is 0. The van der Waals surface area contributed by atoms with Crippen LogP contribution < -0.4 is 4.74 Å². The first-order chi connectivity index (χ1) is 19.6. The maximum Gasteiger partial charge on any atom is 0.266 e. The van der Waals surface area contributed by atoms with E-state index in [0.717, 1.165) is 39.4 Å². The van der Waals surface area contributed by atoms with Crippen LogP contribution in [0.15, 0.2) is 126 Å². The van der Waals surface area contributed by atoms with Gasteiger partial charge in [-0.05, 0) is 53.6 Å². The predicted molar refractivity (Wildman–Crippen MR) is 165 cm³/mol. The number of thiocarbonyl (C=S) groups is 1. The van der Waals surface area contributed by atoms with E-state index in [9.17, 15) is 4.79 Å². The van der Waals surface area contributed by atoms with Gasteiger partial charge in [-0.2, -0.15) is 5.10 Å². The zero-order chi connectivity index (χ0) is 27.3. The Morgan fingerprint density at radius 1 is 0.800 bits per heavy atom. The van der Waals surface area contributed by atoms with Crippen molar-refractivity contribution in [1.29, 1.82) is 0 Å². The van der Waals surface area contributed by atoms with E-state index in [4.69, 9.17) is 22.1 Å². The average molecular weight is 560 g/mol. The van der Waals surface area contributed by atoms with E-state index in [-0.39, 0.29) is 5.91 Å². The quantitative estimate of drug-likeness (QED) is 0.145. The molecule has 4 aromatic carbocycles. The van der Waals surface area contributed by atoms with E-state index in [2.05, 4.69) is 0 Å². The summed E-state index contributed by atoms with van der Waals surface area (Å²) in [6.45, 7) is 0.947. The maximum absolute atomic E-state index is 13.4. The van der Waals surface area contributed by atoms with Crippen molar-refractivity contribution >= 4 is 40.3 Å². The molecule has 0 unspecified atom stereocenters. The molecular weight excluding hydrogens is 535 g/mol. The van der Waals surface area contributed by atoms with Gasteiger partial charge in [0.15, 0.2) is 0 Å². The molecule has 0 spiro atoms. The lowest BCUT2D eigenvalue weighted by atomic mass is 10.1. The molecule has 5 aromatic rings. The summed E-state index contributed by atoms with van der Waals surface area (Å²) in [6.07, 6.45) is 3.85.